The van der Waals surface area contributed by atoms with Gasteiger partial charge in [-0.1, -0.05) is 12.7 Å². The standard InChI is InChI=1S/C12H10O6/c1-2-4-9(15)7-5(13)3-6(14)11(17)8(7)12(18)10(4)16/h2-3,13-18H,1H2. The molecule has 0 aliphatic rings. The molecule has 0 saturated heterocycles. The third-order valence-electron chi connectivity index (χ3n) is 2.67. The van der Waals surface area contributed by atoms with Gasteiger partial charge in [0.2, 0.25) is 0 Å². The van der Waals surface area contributed by atoms with Crippen LogP contribution in [0, 0.1) is 0 Å². The Bertz CT molecular complexity index is 675. The molecule has 2 rings (SSSR count). The molecule has 0 unspecified atom stereocenters. The molecule has 0 heterocycles. The van der Waals surface area contributed by atoms with E-state index in [1.54, 1.807) is 0 Å². The van der Waals surface area contributed by atoms with Gasteiger partial charge in [0, 0.05) is 6.07 Å². The summed E-state index contributed by atoms with van der Waals surface area (Å²) in [5.74, 6) is -4.07. The van der Waals surface area contributed by atoms with Crippen molar-refractivity contribution in [1.82, 2.24) is 0 Å². The molecule has 0 amide bonds. The van der Waals surface area contributed by atoms with E-state index in [4.69, 9.17) is 0 Å². The Morgan fingerprint density at radius 3 is 1.89 bits per heavy atom. The molecule has 2 aromatic carbocycles. The fraction of sp³-hybridized carbons (Fsp3) is 0. The normalized spacial score (nSPS) is 10.7. The number of hydrogen-bond donors (Lipinski definition) is 6. The summed E-state index contributed by atoms with van der Waals surface area (Å²) >= 11 is 0. The van der Waals surface area contributed by atoms with E-state index in [2.05, 4.69) is 6.58 Å². The van der Waals surface area contributed by atoms with Crippen LogP contribution >= 0.6 is 0 Å². The highest BCUT2D eigenvalue weighted by molar-refractivity contribution is 6.06. The number of aromatic hydroxyl groups is 6. The lowest BCUT2D eigenvalue weighted by Gasteiger charge is -2.13. The zero-order valence-corrected chi connectivity index (χ0v) is 9.05. The lowest BCUT2D eigenvalue weighted by molar-refractivity contribution is 0.386. The topological polar surface area (TPSA) is 121 Å². The van der Waals surface area contributed by atoms with Crippen LogP contribution in [0.15, 0.2) is 12.6 Å². The molecule has 0 radical (unpaired) electrons. The molecule has 0 aliphatic carbocycles. The van der Waals surface area contributed by atoms with Crippen LogP contribution in [-0.2, 0) is 0 Å². The SMILES string of the molecule is C=Cc1c(O)c(O)c2c(O)c(O)cc(O)c2c1O. The maximum atomic E-state index is 9.86. The third-order valence-corrected chi connectivity index (χ3v) is 2.67. The van der Waals surface area contributed by atoms with Crippen LogP contribution in [0.25, 0.3) is 16.8 Å². The average Bonchev–Trinajstić information content (AvgIpc) is 2.31. The van der Waals surface area contributed by atoms with E-state index >= 15 is 0 Å². The Labute approximate surface area is 101 Å². The predicted molar refractivity (Wildman–Crippen MR) is 64.0 cm³/mol. The van der Waals surface area contributed by atoms with Gasteiger partial charge in [-0.3, -0.25) is 0 Å². The summed E-state index contributed by atoms with van der Waals surface area (Å²) in [7, 11) is 0. The predicted octanol–water partition coefficient (Wildman–Crippen LogP) is 1.72. The van der Waals surface area contributed by atoms with E-state index in [9.17, 15) is 30.6 Å². The fourth-order valence-electron chi connectivity index (χ4n) is 1.80. The fourth-order valence-corrected chi connectivity index (χ4v) is 1.80. The quantitative estimate of drug-likeness (QED) is 0.338. The van der Waals surface area contributed by atoms with E-state index in [1.165, 1.54) is 0 Å². The van der Waals surface area contributed by atoms with Crippen molar-refractivity contribution in [3.8, 4) is 34.5 Å². The van der Waals surface area contributed by atoms with Crippen molar-refractivity contribution in [3.63, 3.8) is 0 Å². The molecule has 0 bridgehead atoms. The number of phenols is 6. The number of rotatable bonds is 1. The molecule has 0 aromatic heterocycles. The first-order chi connectivity index (χ1) is 8.40. The summed E-state index contributed by atoms with van der Waals surface area (Å²) in [5, 5.41) is 57.0. The molecule has 2 aromatic rings. The van der Waals surface area contributed by atoms with Gasteiger partial charge in [0.05, 0.1) is 16.3 Å². The van der Waals surface area contributed by atoms with Crippen LogP contribution in [0.4, 0.5) is 0 Å². The Kier molecular flexibility index (Phi) is 2.36. The van der Waals surface area contributed by atoms with E-state index in [0.717, 1.165) is 12.1 Å². The monoisotopic (exact) mass is 250 g/mol. The second-order valence-corrected chi connectivity index (χ2v) is 3.68. The Hall–Kier alpha value is -2.76. The van der Waals surface area contributed by atoms with E-state index in [0.29, 0.717) is 0 Å². The van der Waals surface area contributed by atoms with Crippen molar-refractivity contribution in [2.24, 2.45) is 0 Å². The van der Waals surface area contributed by atoms with Gasteiger partial charge < -0.3 is 30.6 Å². The Morgan fingerprint density at radius 2 is 1.33 bits per heavy atom. The van der Waals surface area contributed by atoms with Crippen molar-refractivity contribution in [1.29, 1.82) is 0 Å². The van der Waals surface area contributed by atoms with Crippen LogP contribution in [0.3, 0.4) is 0 Å². The lowest BCUT2D eigenvalue weighted by Crippen LogP contribution is -1.85. The summed E-state index contributed by atoms with van der Waals surface area (Å²) in [6, 6.07) is 0.806. The highest BCUT2D eigenvalue weighted by atomic mass is 16.3. The smallest absolute Gasteiger partial charge is 0.170 e. The first-order valence-electron chi connectivity index (χ1n) is 4.87. The molecule has 0 spiro atoms. The van der Waals surface area contributed by atoms with Crippen molar-refractivity contribution in [3.05, 3.63) is 18.2 Å². The Morgan fingerprint density at radius 1 is 0.722 bits per heavy atom. The molecule has 6 N–H and O–H groups in total. The minimum atomic E-state index is -0.776. The number of benzene rings is 2. The first kappa shape index (κ1) is 11.7. The maximum absolute atomic E-state index is 9.86. The average molecular weight is 250 g/mol. The molecule has 18 heavy (non-hydrogen) atoms. The minimum Gasteiger partial charge on any atom is -0.507 e. The van der Waals surface area contributed by atoms with Crippen molar-refractivity contribution >= 4 is 16.8 Å². The molecule has 0 aliphatic heterocycles. The van der Waals surface area contributed by atoms with Crippen molar-refractivity contribution < 1.29 is 30.6 Å². The molecule has 6 heteroatoms. The summed E-state index contributed by atoms with van der Waals surface area (Å²) in [5.41, 5.74) is -0.194. The molecule has 94 valence electrons. The van der Waals surface area contributed by atoms with Crippen LogP contribution in [-0.4, -0.2) is 30.6 Å². The van der Waals surface area contributed by atoms with Crippen LogP contribution in [0.5, 0.6) is 34.5 Å². The molecule has 0 saturated carbocycles. The van der Waals surface area contributed by atoms with E-state index in [1.807, 2.05) is 0 Å². The highest BCUT2D eigenvalue weighted by Gasteiger charge is 2.23. The van der Waals surface area contributed by atoms with Crippen LogP contribution in [0.2, 0.25) is 0 Å². The van der Waals surface area contributed by atoms with Gasteiger partial charge in [-0.25, -0.2) is 0 Å². The highest BCUT2D eigenvalue weighted by Crippen LogP contribution is 2.53. The molecular formula is C12H10O6. The zero-order chi connectivity index (χ0) is 13.6. The summed E-state index contributed by atoms with van der Waals surface area (Å²) in [4.78, 5) is 0. The lowest BCUT2D eigenvalue weighted by atomic mass is 10.0. The van der Waals surface area contributed by atoms with Crippen molar-refractivity contribution in [2.75, 3.05) is 0 Å². The van der Waals surface area contributed by atoms with Gasteiger partial charge >= 0.3 is 0 Å². The van der Waals surface area contributed by atoms with Gasteiger partial charge in [-0.2, -0.15) is 0 Å². The molecule has 6 nitrogen and oxygen atoms in total. The van der Waals surface area contributed by atoms with Crippen LogP contribution in [0.1, 0.15) is 5.56 Å². The summed E-state index contributed by atoms with van der Waals surface area (Å²) in [6.07, 6.45) is 1.08. The number of fused-ring (bicyclic) bond motifs is 1. The van der Waals surface area contributed by atoms with Gasteiger partial charge in [0.1, 0.15) is 11.5 Å². The van der Waals surface area contributed by atoms with E-state index in [-0.39, 0.29) is 10.9 Å². The van der Waals surface area contributed by atoms with Crippen molar-refractivity contribution in [2.45, 2.75) is 0 Å². The summed E-state index contributed by atoms with van der Waals surface area (Å²) in [6.45, 7) is 3.35. The Balaban J connectivity index is 3.17. The summed E-state index contributed by atoms with van der Waals surface area (Å²) < 4.78 is 0. The maximum Gasteiger partial charge on any atom is 0.170 e. The molecule has 0 atom stereocenters. The van der Waals surface area contributed by atoms with Gasteiger partial charge in [0.15, 0.2) is 23.0 Å². The van der Waals surface area contributed by atoms with Gasteiger partial charge in [-0.05, 0) is 0 Å². The second kappa shape index (κ2) is 3.63. The molecular weight excluding hydrogens is 240 g/mol. The number of phenolic OH excluding ortho intramolecular Hbond substituents is 6. The third kappa shape index (κ3) is 1.29. The minimum absolute atomic E-state index is 0.194. The second-order valence-electron chi connectivity index (χ2n) is 3.68. The van der Waals surface area contributed by atoms with Crippen LogP contribution < -0.4 is 0 Å². The van der Waals surface area contributed by atoms with Gasteiger partial charge in [-0.15, -0.1) is 0 Å². The zero-order valence-electron chi connectivity index (χ0n) is 9.05. The first-order valence-corrected chi connectivity index (χ1v) is 4.87. The van der Waals surface area contributed by atoms with E-state index < -0.39 is 39.9 Å². The molecule has 0 fully saturated rings. The van der Waals surface area contributed by atoms with Gasteiger partial charge in [0.25, 0.3) is 0 Å². The largest absolute Gasteiger partial charge is 0.507 e. The number of hydrogen-bond acceptors (Lipinski definition) is 6.